The first kappa shape index (κ1) is 29.8. The van der Waals surface area contributed by atoms with E-state index in [1.165, 1.54) is 12.1 Å². The van der Waals surface area contributed by atoms with E-state index in [0.29, 0.717) is 0 Å². The number of carboxylic acid groups (broad SMARTS) is 1. The topological polar surface area (TPSA) is 119 Å². The number of aliphatic carboxylic acids is 1. The Bertz CT molecular complexity index is 1260. The van der Waals surface area contributed by atoms with Crippen LogP contribution in [0.3, 0.4) is 0 Å². The van der Waals surface area contributed by atoms with Gasteiger partial charge in [-0.15, -0.1) is 0 Å². The lowest BCUT2D eigenvalue weighted by molar-refractivity contribution is -0.136. The standard InChI is InChI=1S/C23H24F5NO7S/c1-22(2,3)20(32)29-15-5-7-16(14(10-15)11-37(33,34)23(27,28)12-24)35-18-8-13(9-19(30)31)4-6-17(18)36-21(25)26/h4-8,10,21H,9,11-12H2,1-3H3,(H,29,32)(H,30,31). The fraction of sp³-hybridized carbons (Fsp3) is 0.391. The summed E-state index contributed by atoms with van der Waals surface area (Å²) >= 11 is 0. The molecule has 0 aliphatic heterocycles. The highest BCUT2D eigenvalue weighted by Crippen LogP contribution is 2.38. The molecule has 0 aliphatic rings. The SMILES string of the molecule is CC(C)(C)C(=O)Nc1ccc(Oc2cc(CC(=O)O)ccc2OC(F)F)c(CS(=O)(=O)C(F)(F)CF)c1. The minimum Gasteiger partial charge on any atom is -0.481 e. The van der Waals surface area contributed by atoms with Crippen molar-refractivity contribution in [2.45, 2.75) is 44.8 Å². The van der Waals surface area contributed by atoms with Crippen LogP contribution in [0.2, 0.25) is 0 Å². The fourth-order valence-corrected chi connectivity index (χ4v) is 3.82. The van der Waals surface area contributed by atoms with E-state index < -0.39 is 80.7 Å². The molecule has 0 atom stereocenters. The van der Waals surface area contributed by atoms with Crippen LogP contribution in [0.4, 0.5) is 27.6 Å². The van der Waals surface area contributed by atoms with Crippen molar-refractivity contribution in [1.29, 1.82) is 0 Å². The zero-order valence-electron chi connectivity index (χ0n) is 19.9. The van der Waals surface area contributed by atoms with Crippen molar-refractivity contribution in [1.82, 2.24) is 0 Å². The summed E-state index contributed by atoms with van der Waals surface area (Å²) in [5.74, 6) is -4.67. The Balaban J connectivity index is 2.60. The highest BCUT2D eigenvalue weighted by Gasteiger charge is 2.45. The summed E-state index contributed by atoms with van der Waals surface area (Å²) in [5.41, 5.74) is -1.26. The predicted octanol–water partition coefficient (Wildman–Crippen LogP) is 5.17. The number of ether oxygens (including phenoxy) is 2. The van der Waals surface area contributed by atoms with Crippen molar-refractivity contribution in [3.63, 3.8) is 0 Å². The first-order chi connectivity index (χ1) is 16.9. The van der Waals surface area contributed by atoms with Crippen molar-refractivity contribution in [2.75, 3.05) is 12.0 Å². The molecule has 37 heavy (non-hydrogen) atoms. The van der Waals surface area contributed by atoms with Crippen LogP contribution in [0.15, 0.2) is 36.4 Å². The summed E-state index contributed by atoms with van der Waals surface area (Å²) in [6.07, 6.45) is -0.535. The third-order valence-corrected chi connectivity index (χ3v) is 6.47. The van der Waals surface area contributed by atoms with Crippen LogP contribution in [0.1, 0.15) is 31.9 Å². The van der Waals surface area contributed by atoms with E-state index >= 15 is 0 Å². The molecule has 2 aromatic rings. The summed E-state index contributed by atoms with van der Waals surface area (Å²) in [5, 5.41) is 6.74. The second kappa shape index (κ2) is 11.3. The van der Waals surface area contributed by atoms with Gasteiger partial charge in [0.25, 0.3) is 0 Å². The molecule has 0 unspecified atom stereocenters. The molecule has 0 spiro atoms. The van der Waals surface area contributed by atoms with E-state index in [2.05, 4.69) is 10.1 Å². The Hall–Kier alpha value is -3.42. The molecule has 2 rings (SSSR count). The van der Waals surface area contributed by atoms with Crippen molar-refractivity contribution in [2.24, 2.45) is 5.41 Å². The number of alkyl halides is 5. The Labute approximate surface area is 209 Å². The van der Waals surface area contributed by atoms with Gasteiger partial charge in [-0.05, 0) is 35.9 Å². The van der Waals surface area contributed by atoms with Gasteiger partial charge in [-0.3, -0.25) is 9.59 Å². The van der Waals surface area contributed by atoms with Gasteiger partial charge < -0.3 is 19.9 Å². The molecule has 2 N–H and O–H groups in total. The van der Waals surface area contributed by atoms with E-state index in [0.717, 1.165) is 24.3 Å². The molecule has 14 heteroatoms. The number of rotatable bonds is 11. The van der Waals surface area contributed by atoms with Gasteiger partial charge in [0, 0.05) is 16.7 Å². The van der Waals surface area contributed by atoms with Crippen LogP contribution < -0.4 is 14.8 Å². The van der Waals surface area contributed by atoms with Gasteiger partial charge in [0.15, 0.2) is 18.2 Å². The molecule has 0 heterocycles. The lowest BCUT2D eigenvalue weighted by Gasteiger charge is -2.20. The predicted molar refractivity (Wildman–Crippen MR) is 123 cm³/mol. The van der Waals surface area contributed by atoms with Gasteiger partial charge in [-0.1, -0.05) is 26.8 Å². The van der Waals surface area contributed by atoms with Gasteiger partial charge in [0.05, 0.1) is 12.2 Å². The normalized spacial score (nSPS) is 12.4. The largest absolute Gasteiger partial charge is 0.481 e. The number of carbonyl (C=O) groups excluding carboxylic acids is 1. The van der Waals surface area contributed by atoms with E-state index in [1.807, 2.05) is 0 Å². The minimum absolute atomic E-state index is 0.00952. The average Bonchev–Trinajstić information content (AvgIpc) is 2.75. The second-order valence-electron chi connectivity index (χ2n) is 8.89. The lowest BCUT2D eigenvalue weighted by atomic mass is 9.95. The molecule has 1 amide bonds. The third kappa shape index (κ3) is 8.03. The Morgan fingerprint density at radius 3 is 2.19 bits per heavy atom. The molecule has 8 nitrogen and oxygen atoms in total. The highest BCUT2D eigenvalue weighted by molar-refractivity contribution is 7.91. The van der Waals surface area contributed by atoms with Crippen LogP contribution >= 0.6 is 0 Å². The summed E-state index contributed by atoms with van der Waals surface area (Å²) < 4.78 is 100. The second-order valence-corrected chi connectivity index (χ2v) is 11.0. The number of benzene rings is 2. The summed E-state index contributed by atoms with van der Waals surface area (Å²) in [6, 6.07) is 6.52. The molecule has 0 saturated carbocycles. The maximum absolute atomic E-state index is 13.8. The van der Waals surface area contributed by atoms with Gasteiger partial charge in [-0.25, -0.2) is 12.8 Å². The molecule has 204 valence electrons. The van der Waals surface area contributed by atoms with E-state index in [4.69, 9.17) is 9.84 Å². The van der Waals surface area contributed by atoms with Crippen molar-refractivity contribution >= 4 is 27.4 Å². The number of amides is 1. The molecule has 0 aromatic heterocycles. The van der Waals surface area contributed by atoms with Gasteiger partial charge in [0.2, 0.25) is 15.7 Å². The number of sulfone groups is 1. The van der Waals surface area contributed by atoms with Gasteiger partial charge in [-0.2, -0.15) is 17.6 Å². The Morgan fingerprint density at radius 2 is 1.65 bits per heavy atom. The summed E-state index contributed by atoms with van der Waals surface area (Å²) in [6.45, 7) is -1.05. The lowest BCUT2D eigenvalue weighted by Crippen LogP contribution is -2.32. The number of nitrogens with one attached hydrogen (secondary N) is 1. The smallest absolute Gasteiger partial charge is 0.387 e. The van der Waals surface area contributed by atoms with Crippen LogP contribution in [0.5, 0.6) is 17.2 Å². The third-order valence-electron chi connectivity index (χ3n) is 4.76. The number of halogens is 5. The maximum Gasteiger partial charge on any atom is 0.387 e. The monoisotopic (exact) mass is 553 g/mol. The molecule has 0 fully saturated rings. The van der Waals surface area contributed by atoms with Crippen molar-refractivity contribution in [3.8, 4) is 17.2 Å². The quantitative estimate of drug-likeness (QED) is 0.369. The summed E-state index contributed by atoms with van der Waals surface area (Å²) in [4.78, 5) is 23.4. The van der Waals surface area contributed by atoms with Crippen molar-refractivity contribution in [3.05, 3.63) is 47.5 Å². The maximum atomic E-state index is 13.8. The highest BCUT2D eigenvalue weighted by atomic mass is 32.2. The van der Waals surface area contributed by atoms with E-state index in [1.54, 1.807) is 20.8 Å². The Kier molecular flexibility index (Phi) is 9.12. The van der Waals surface area contributed by atoms with Crippen LogP contribution in [0.25, 0.3) is 0 Å². The van der Waals surface area contributed by atoms with Crippen LogP contribution in [0, 0.1) is 5.41 Å². The number of hydrogen-bond donors (Lipinski definition) is 2. The average molecular weight is 554 g/mol. The zero-order valence-corrected chi connectivity index (χ0v) is 20.7. The molecular weight excluding hydrogens is 529 g/mol. The van der Waals surface area contributed by atoms with E-state index in [-0.39, 0.29) is 11.3 Å². The molecule has 2 aromatic carbocycles. The first-order valence-corrected chi connectivity index (χ1v) is 12.2. The molecule has 0 bridgehead atoms. The zero-order chi connectivity index (χ0) is 28.2. The van der Waals surface area contributed by atoms with Gasteiger partial charge in [0.1, 0.15) is 5.75 Å². The minimum atomic E-state index is -5.43. The van der Waals surface area contributed by atoms with E-state index in [9.17, 15) is 40.0 Å². The van der Waals surface area contributed by atoms with Crippen LogP contribution in [-0.4, -0.2) is 43.9 Å². The Morgan fingerprint density at radius 1 is 1.03 bits per heavy atom. The molecule has 0 saturated heterocycles. The first-order valence-electron chi connectivity index (χ1n) is 10.5. The number of carbonyl (C=O) groups is 2. The summed E-state index contributed by atoms with van der Waals surface area (Å²) in [7, 11) is -5.43. The molecule has 0 radical (unpaired) electrons. The fourth-order valence-electron chi connectivity index (χ4n) is 2.81. The van der Waals surface area contributed by atoms with Crippen LogP contribution in [-0.2, 0) is 31.6 Å². The molecular formula is C23H24F5NO7S. The van der Waals surface area contributed by atoms with Gasteiger partial charge >= 0.3 is 17.8 Å². The number of carboxylic acids is 1. The number of hydrogen-bond acceptors (Lipinski definition) is 6. The number of anilines is 1. The molecule has 0 aliphatic carbocycles. The van der Waals surface area contributed by atoms with Crippen molar-refractivity contribution < 1.29 is 54.5 Å².